The molecule has 7 heteroatoms. The van der Waals surface area contributed by atoms with Gasteiger partial charge in [0, 0.05) is 13.1 Å². The molecule has 2 heterocycles. The van der Waals surface area contributed by atoms with Crippen molar-refractivity contribution in [1.29, 1.82) is 0 Å². The zero-order valence-corrected chi connectivity index (χ0v) is 13.8. The molecule has 0 saturated carbocycles. The number of ether oxygens (including phenoxy) is 1. The Morgan fingerprint density at radius 1 is 1.29 bits per heavy atom. The van der Waals surface area contributed by atoms with Gasteiger partial charge in [0.15, 0.2) is 0 Å². The summed E-state index contributed by atoms with van der Waals surface area (Å²) in [6.45, 7) is 3.49. The van der Waals surface area contributed by atoms with Gasteiger partial charge in [0.05, 0.1) is 18.4 Å². The Labute approximate surface area is 139 Å². The molecule has 0 aliphatic carbocycles. The van der Waals surface area contributed by atoms with Crippen LogP contribution in [0.5, 0.6) is 5.75 Å². The average molecular weight is 332 g/mol. The van der Waals surface area contributed by atoms with Gasteiger partial charge in [-0.15, -0.1) is 0 Å². The summed E-state index contributed by atoms with van der Waals surface area (Å²) in [6, 6.07) is 5.87. The lowest BCUT2D eigenvalue weighted by molar-refractivity contribution is -0.155. The highest BCUT2D eigenvalue weighted by Crippen LogP contribution is 2.48. The molecule has 0 spiro atoms. The summed E-state index contributed by atoms with van der Waals surface area (Å²) in [4.78, 5) is 38.7. The van der Waals surface area contributed by atoms with E-state index in [-0.39, 0.29) is 24.2 Å². The number of hydrogen-bond acceptors (Lipinski definition) is 6. The van der Waals surface area contributed by atoms with Crippen LogP contribution in [0.1, 0.15) is 25.5 Å². The van der Waals surface area contributed by atoms with Crippen molar-refractivity contribution in [3.05, 3.63) is 29.8 Å². The molecule has 1 aromatic rings. The SMILES string of the molecule is CCOC(=O)[C@]1(C)N[C@@H](c2ccc(O)cc2)[C@H]2C(=O)N(C)C(=O)[C@H]21. The molecule has 7 nitrogen and oxygen atoms in total. The largest absolute Gasteiger partial charge is 0.508 e. The third-order valence-electron chi connectivity index (χ3n) is 4.96. The van der Waals surface area contributed by atoms with E-state index in [4.69, 9.17) is 4.74 Å². The first kappa shape index (κ1) is 16.4. The van der Waals surface area contributed by atoms with Crippen molar-refractivity contribution >= 4 is 17.8 Å². The maximum atomic E-state index is 12.6. The van der Waals surface area contributed by atoms with Gasteiger partial charge in [-0.3, -0.25) is 24.6 Å². The molecule has 2 aliphatic rings. The quantitative estimate of drug-likeness (QED) is 0.621. The van der Waals surface area contributed by atoms with Gasteiger partial charge in [-0.1, -0.05) is 12.1 Å². The molecular formula is C17H20N2O5. The van der Waals surface area contributed by atoms with Crippen LogP contribution < -0.4 is 5.32 Å². The highest BCUT2D eigenvalue weighted by atomic mass is 16.5. The van der Waals surface area contributed by atoms with Crippen molar-refractivity contribution in [1.82, 2.24) is 10.2 Å². The Balaban J connectivity index is 2.06. The van der Waals surface area contributed by atoms with E-state index in [9.17, 15) is 19.5 Å². The number of aromatic hydroxyl groups is 1. The van der Waals surface area contributed by atoms with Gasteiger partial charge in [-0.2, -0.15) is 0 Å². The second-order valence-electron chi connectivity index (χ2n) is 6.38. The molecule has 4 atom stereocenters. The number of nitrogens with one attached hydrogen (secondary N) is 1. The lowest BCUT2D eigenvalue weighted by Gasteiger charge is -2.28. The standard InChI is InChI=1S/C17H20N2O5/c1-4-24-16(23)17(2)12-11(14(21)19(3)15(12)22)13(18-17)9-5-7-10(20)8-6-9/h5-8,11-13,18,20H,4H2,1-3H3/t11-,12-,13-,17+/m0/s1. The van der Waals surface area contributed by atoms with E-state index in [1.807, 2.05) is 0 Å². The summed E-state index contributed by atoms with van der Waals surface area (Å²) < 4.78 is 5.14. The Kier molecular flexibility index (Phi) is 3.83. The van der Waals surface area contributed by atoms with Gasteiger partial charge >= 0.3 is 5.97 Å². The number of hydrogen-bond donors (Lipinski definition) is 2. The number of phenols is 1. The highest BCUT2D eigenvalue weighted by Gasteiger charge is 2.66. The molecule has 0 unspecified atom stereocenters. The number of imide groups is 1. The predicted octanol–water partition coefficient (Wildman–Crippen LogP) is 0.589. The Morgan fingerprint density at radius 2 is 1.92 bits per heavy atom. The summed E-state index contributed by atoms with van der Waals surface area (Å²) in [5.74, 6) is -2.63. The van der Waals surface area contributed by atoms with Crippen molar-refractivity contribution in [2.24, 2.45) is 11.8 Å². The fourth-order valence-corrected chi connectivity index (χ4v) is 3.72. The van der Waals surface area contributed by atoms with Crippen LogP contribution in [-0.2, 0) is 19.1 Å². The van der Waals surface area contributed by atoms with Crippen molar-refractivity contribution in [2.75, 3.05) is 13.7 Å². The van der Waals surface area contributed by atoms with Gasteiger partial charge in [0.25, 0.3) is 0 Å². The van der Waals surface area contributed by atoms with Crippen LogP contribution in [0.15, 0.2) is 24.3 Å². The molecule has 0 radical (unpaired) electrons. The summed E-state index contributed by atoms with van der Waals surface area (Å²) >= 11 is 0. The number of amides is 2. The van der Waals surface area contributed by atoms with E-state index in [1.54, 1.807) is 26.0 Å². The normalized spacial score (nSPS) is 32.1. The lowest BCUT2D eigenvalue weighted by atomic mass is 9.80. The number of carbonyl (C=O) groups is 3. The lowest BCUT2D eigenvalue weighted by Crippen LogP contribution is -2.53. The maximum absolute atomic E-state index is 12.6. The van der Waals surface area contributed by atoms with Gasteiger partial charge in [0.1, 0.15) is 11.3 Å². The number of esters is 1. The van der Waals surface area contributed by atoms with Crippen molar-refractivity contribution < 1.29 is 24.2 Å². The van der Waals surface area contributed by atoms with Gasteiger partial charge in [0.2, 0.25) is 11.8 Å². The second kappa shape index (κ2) is 5.59. The summed E-state index contributed by atoms with van der Waals surface area (Å²) in [6.07, 6.45) is 0. The molecule has 128 valence electrons. The molecule has 0 bridgehead atoms. The number of fused-ring (bicyclic) bond motifs is 1. The zero-order chi connectivity index (χ0) is 17.6. The third-order valence-corrected chi connectivity index (χ3v) is 4.96. The maximum Gasteiger partial charge on any atom is 0.326 e. The van der Waals surface area contributed by atoms with Gasteiger partial charge in [-0.25, -0.2) is 0 Å². The number of likely N-dealkylation sites (tertiary alicyclic amines) is 1. The summed E-state index contributed by atoms with van der Waals surface area (Å²) in [5.41, 5.74) is -0.548. The molecule has 3 rings (SSSR count). The van der Waals surface area contributed by atoms with E-state index in [2.05, 4.69) is 5.32 Å². The van der Waals surface area contributed by atoms with Crippen LogP contribution in [0.25, 0.3) is 0 Å². The third kappa shape index (κ3) is 2.19. The van der Waals surface area contributed by atoms with Crippen LogP contribution in [0.2, 0.25) is 0 Å². The fraction of sp³-hybridized carbons (Fsp3) is 0.471. The molecule has 0 aromatic heterocycles. The number of benzene rings is 1. The molecule has 1 aromatic carbocycles. The zero-order valence-electron chi connectivity index (χ0n) is 13.8. The van der Waals surface area contributed by atoms with E-state index >= 15 is 0 Å². The average Bonchev–Trinajstić information content (AvgIpc) is 2.99. The van der Waals surface area contributed by atoms with E-state index in [0.29, 0.717) is 0 Å². The highest BCUT2D eigenvalue weighted by molar-refractivity contribution is 6.09. The fourth-order valence-electron chi connectivity index (χ4n) is 3.72. The predicted molar refractivity (Wildman–Crippen MR) is 83.8 cm³/mol. The minimum absolute atomic E-state index is 0.104. The first-order valence-corrected chi connectivity index (χ1v) is 7.86. The first-order valence-electron chi connectivity index (χ1n) is 7.86. The number of nitrogens with zero attached hydrogens (tertiary/aromatic N) is 1. The monoisotopic (exact) mass is 332 g/mol. The minimum atomic E-state index is -1.28. The number of carbonyl (C=O) groups excluding carboxylic acids is 3. The van der Waals surface area contributed by atoms with Crippen LogP contribution in [0.3, 0.4) is 0 Å². The Bertz CT molecular complexity index is 701. The molecule has 2 fully saturated rings. The number of phenolic OH excluding ortho intramolecular Hbond substituents is 1. The molecule has 2 aliphatic heterocycles. The molecule has 24 heavy (non-hydrogen) atoms. The van der Waals surface area contributed by atoms with Crippen molar-refractivity contribution in [3.63, 3.8) is 0 Å². The Morgan fingerprint density at radius 3 is 2.50 bits per heavy atom. The molecular weight excluding hydrogens is 312 g/mol. The Hall–Kier alpha value is -2.41. The van der Waals surface area contributed by atoms with Crippen molar-refractivity contribution in [2.45, 2.75) is 25.4 Å². The van der Waals surface area contributed by atoms with Crippen LogP contribution >= 0.6 is 0 Å². The van der Waals surface area contributed by atoms with Crippen molar-refractivity contribution in [3.8, 4) is 5.75 Å². The van der Waals surface area contributed by atoms with Crippen LogP contribution in [0, 0.1) is 11.8 Å². The molecule has 2 N–H and O–H groups in total. The number of rotatable bonds is 3. The van der Waals surface area contributed by atoms with Gasteiger partial charge < -0.3 is 9.84 Å². The van der Waals surface area contributed by atoms with Gasteiger partial charge in [-0.05, 0) is 31.5 Å². The van der Waals surface area contributed by atoms with Crippen LogP contribution in [0.4, 0.5) is 0 Å². The smallest absolute Gasteiger partial charge is 0.326 e. The molecule has 2 saturated heterocycles. The second-order valence-corrected chi connectivity index (χ2v) is 6.38. The molecule has 2 amide bonds. The van der Waals surface area contributed by atoms with E-state index < -0.39 is 29.4 Å². The first-order chi connectivity index (χ1) is 11.3. The van der Waals surface area contributed by atoms with Crippen LogP contribution in [-0.4, -0.2) is 47.0 Å². The topological polar surface area (TPSA) is 95.9 Å². The minimum Gasteiger partial charge on any atom is -0.508 e. The summed E-state index contributed by atoms with van der Waals surface area (Å²) in [5, 5.41) is 12.6. The summed E-state index contributed by atoms with van der Waals surface area (Å²) in [7, 11) is 1.43. The van der Waals surface area contributed by atoms with E-state index in [0.717, 1.165) is 10.5 Å². The van der Waals surface area contributed by atoms with E-state index in [1.165, 1.54) is 19.2 Å².